The molecule has 0 saturated carbocycles. The van der Waals surface area contributed by atoms with Crippen LogP contribution in [0.25, 0.3) is 0 Å². The third-order valence-electron chi connectivity index (χ3n) is 4.53. The molecular weight excluding hydrogens is 486 g/mol. The first-order valence-electron chi connectivity index (χ1n) is 9.37. The smallest absolute Gasteiger partial charge is 0.243 e. The van der Waals surface area contributed by atoms with Gasteiger partial charge in [-0.25, -0.2) is 4.39 Å². The molecule has 1 aliphatic heterocycles. The first kappa shape index (κ1) is 22.9. The molecule has 2 aromatic rings. The molecule has 1 saturated heterocycles. The topological polar surface area (TPSA) is 66.0 Å². The van der Waals surface area contributed by atoms with E-state index in [0.717, 1.165) is 31.7 Å². The molecule has 2 N–H and O–H groups in total. The maximum atomic E-state index is 12.9. The summed E-state index contributed by atoms with van der Waals surface area (Å²) in [4.78, 5) is 18.5. The van der Waals surface area contributed by atoms with Crippen molar-refractivity contribution in [2.75, 3.05) is 32.0 Å². The van der Waals surface area contributed by atoms with Crippen LogP contribution in [0.4, 0.5) is 10.1 Å². The van der Waals surface area contributed by atoms with E-state index < -0.39 is 0 Å². The van der Waals surface area contributed by atoms with Gasteiger partial charge in [-0.1, -0.05) is 18.2 Å². The molecule has 2 aromatic carbocycles. The number of halogens is 2. The van der Waals surface area contributed by atoms with Crippen molar-refractivity contribution >= 4 is 41.5 Å². The van der Waals surface area contributed by atoms with Crippen LogP contribution in [-0.2, 0) is 4.79 Å². The average molecular weight is 512 g/mol. The quantitative estimate of drug-likeness (QED) is 0.366. The first-order chi connectivity index (χ1) is 13.6. The number of nitrogens with zero attached hydrogens (tertiary/aromatic N) is 2. The Balaban J connectivity index is 0.00000300. The number of carbonyl (C=O) groups excluding carboxylic acids is 1. The van der Waals surface area contributed by atoms with Gasteiger partial charge >= 0.3 is 0 Å². The molecule has 0 aliphatic carbocycles. The minimum absolute atomic E-state index is 0. The van der Waals surface area contributed by atoms with E-state index >= 15 is 0 Å². The lowest BCUT2D eigenvalue weighted by Gasteiger charge is -2.34. The fourth-order valence-electron chi connectivity index (χ4n) is 3.11. The molecule has 0 radical (unpaired) electrons. The fraction of sp³-hybridized carbons (Fsp3) is 0.333. The van der Waals surface area contributed by atoms with Crippen LogP contribution < -0.4 is 15.4 Å². The molecule has 8 heteroatoms. The summed E-state index contributed by atoms with van der Waals surface area (Å²) in [5.74, 6) is 1.03. The number of ether oxygens (including phenoxy) is 1. The zero-order chi connectivity index (χ0) is 19.8. The number of para-hydroxylation sites is 1. The summed E-state index contributed by atoms with van der Waals surface area (Å²) >= 11 is 0. The van der Waals surface area contributed by atoms with E-state index in [1.807, 2.05) is 30.3 Å². The van der Waals surface area contributed by atoms with Crippen LogP contribution in [-0.4, -0.2) is 49.6 Å². The third kappa shape index (κ3) is 7.19. The van der Waals surface area contributed by atoms with Gasteiger partial charge in [0.25, 0.3) is 0 Å². The number of aliphatic imine (C=N–C) groups is 1. The molecular formula is C21H26FIN4O2. The van der Waals surface area contributed by atoms with Crippen molar-refractivity contribution in [2.24, 2.45) is 4.99 Å². The Bertz CT molecular complexity index is 794. The Kier molecular flexibility index (Phi) is 9.17. The van der Waals surface area contributed by atoms with Crippen molar-refractivity contribution in [3.05, 3.63) is 60.4 Å². The second kappa shape index (κ2) is 11.6. The fourth-order valence-corrected chi connectivity index (χ4v) is 3.11. The van der Waals surface area contributed by atoms with Gasteiger partial charge in [0.15, 0.2) is 5.96 Å². The number of nitrogens with one attached hydrogen (secondary N) is 2. The lowest BCUT2D eigenvalue weighted by atomic mass is 10.1. The summed E-state index contributed by atoms with van der Waals surface area (Å²) in [6.45, 7) is 1.69. The molecule has 1 amide bonds. The number of anilines is 1. The van der Waals surface area contributed by atoms with Gasteiger partial charge in [0.1, 0.15) is 17.7 Å². The number of likely N-dealkylation sites (tertiary alicyclic amines) is 1. The number of hydrogen-bond donors (Lipinski definition) is 2. The molecule has 1 heterocycles. The van der Waals surface area contributed by atoms with Crippen LogP contribution in [0.1, 0.15) is 12.8 Å². The Morgan fingerprint density at radius 3 is 2.41 bits per heavy atom. The zero-order valence-corrected chi connectivity index (χ0v) is 18.6. The maximum absolute atomic E-state index is 12.9. The van der Waals surface area contributed by atoms with Gasteiger partial charge in [-0.05, 0) is 36.4 Å². The molecule has 6 nitrogen and oxygen atoms in total. The minimum Gasteiger partial charge on any atom is -0.490 e. The van der Waals surface area contributed by atoms with Crippen molar-refractivity contribution in [3.8, 4) is 5.75 Å². The van der Waals surface area contributed by atoms with Crippen molar-refractivity contribution in [3.63, 3.8) is 0 Å². The number of guanidine groups is 1. The van der Waals surface area contributed by atoms with Crippen LogP contribution in [0.3, 0.4) is 0 Å². The molecule has 0 spiro atoms. The Morgan fingerprint density at radius 1 is 1.14 bits per heavy atom. The van der Waals surface area contributed by atoms with Gasteiger partial charge in [0.05, 0.1) is 6.54 Å². The number of piperidine rings is 1. The summed E-state index contributed by atoms with van der Waals surface area (Å²) in [6.07, 6.45) is 1.95. The van der Waals surface area contributed by atoms with Gasteiger partial charge in [0, 0.05) is 38.7 Å². The molecule has 1 aliphatic rings. The Labute approximate surface area is 187 Å². The van der Waals surface area contributed by atoms with Crippen LogP contribution in [0.15, 0.2) is 59.6 Å². The molecule has 1 fully saturated rings. The highest BCUT2D eigenvalue weighted by Crippen LogP contribution is 2.18. The summed E-state index contributed by atoms with van der Waals surface area (Å²) in [5.41, 5.74) is 0.557. The predicted molar refractivity (Wildman–Crippen MR) is 123 cm³/mol. The Hall–Kier alpha value is -2.36. The highest BCUT2D eigenvalue weighted by molar-refractivity contribution is 14.0. The molecule has 0 bridgehead atoms. The number of hydrogen-bond acceptors (Lipinski definition) is 3. The standard InChI is InChI=1S/C21H25FN4O2.HI/c1-23-21(24-15-20(27)25-17-9-7-16(22)8-10-17)26-13-11-19(12-14-26)28-18-5-3-2-4-6-18;/h2-10,19H,11-15H2,1H3,(H,23,24)(H,25,27);1H. The summed E-state index contributed by atoms with van der Waals surface area (Å²) < 4.78 is 18.9. The highest BCUT2D eigenvalue weighted by Gasteiger charge is 2.23. The maximum Gasteiger partial charge on any atom is 0.243 e. The molecule has 0 atom stereocenters. The number of amides is 1. The second-order valence-corrected chi connectivity index (χ2v) is 6.57. The molecule has 29 heavy (non-hydrogen) atoms. The van der Waals surface area contributed by atoms with Crippen molar-refractivity contribution in [2.45, 2.75) is 18.9 Å². The number of rotatable bonds is 5. The molecule has 0 aromatic heterocycles. The van der Waals surface area contributed by atoms with Crippen molar-refractivity contribution in [1.29, 1.82) is 0 Å². The van der Waals surface area contributed by atoms with E-state index in [2.05, 4.69) is 20.5 Å². The largest absolute Gasteiger partial charge is 0.490 e. The monoisotopic (exact) mass is 512 g/mol. The van der Waals surface area contributed by atoms with E-state index in [1.165, 1.54) is 24.3 Å². The van der Waals surface area contributed by atoms with E-state index in [9.17, 15) is 9.18 Å². The van der Waals surface area contributed by atoms with Crippen LogP contribution >= 0.6 is 24.0 Å². The summed E-state index contributed by atoms with van der Waals surface area (Å²) in [5, 5.41) is 5.81. The van der Waals surface area contributed by atoms with Crippen molar-refractivity contribution < 1.29 is 13.9 Å². The number of benzene rings is 2. The SMILES string of the molecule is CN=C(NCC(=O)Nc1ccc(F)cc1)N1CCC(Oc2ccccc2)CC1.I. The van der Waals surface area contributed by atoms with Gasteiger partial charge in [-0.15, -0.1) is 24.0 Å². The lowest BCUT2D eigenvalue weighted by molar-refractivity contribution is -0.115. The normalized spacial score (nSPS) is 14.7. The number of carbonyl (C=O) groups is 1. The van der Waals surface area contributed by atoms with E-state index in [4.69, 9.17) is 4.74 Å². The third-order valence-corrected chi connectivity index (χ3v) is 4.53. The van der Waals surface area contributed by atoms with E-state index in [-0.39, 0.29) is 48.3 Å². The van der Waals surface area contributed by atoms with Crippen LogP contribution in [0.2, 0.25) is 0 Å². The summed E-state index contributed by atoms with van der Waals surface area (Å²) in [7, 11) is 1.70. The zero-order valence-electron chi connectivity index (χ0n) is 16.3. The van der Waals surface area contributed by atoms with Crippen molar-refractivity contribution in [1.82, 2.24) is 10.2 Å². The van der Waals surface area contributed by atoms with Crippen LogP contribution in [0, 0.1) is 5.82 Å². The highest BCUT2D eigenvalue weighted by atomic mass is 127. The van der Waals surface area contributed by atoms with Gasteiger partial charge in [-0.3, -0.25) is 9.79 Å². The first-order valence-corrected chi connectivity index (χ1v) is 9.37. The molecule has 0 unspecified atom stereocenters. The predicted octanol–water partition coefficient (Wildman–Crippen LogP) is 3.50. The van der Waals surface area contributed by atoms with Crippen LogP contribution in [0.5, 0.6) is 5.75 Å². The minimum atomic E-state index is -0.337. The van der Waals surface area contributed by atoms with Gasteiger partial charge in [0.2, 0.25) is 5.91 Å². The van der Waals surface area contributed by atoms with E-state index in [0.29, 0.717) is 11.6 Å². The average Bonchev–Trinajstić information content (AvgIpc) is 2.72. The summed E-state index contributed by atoms with van der Waals surface area (Å²) in [6, 6.07) is 15.5. The van der Waals surface area contributed by atoms with Gasteiger partial charge < -0.3 is 20.3 Å². The molecule has 3 rings (SSSR count). The van der Waals surface area contributed by atoms with E-state index in [1.54, 1.807) is 7.05 Å². The lowest BCUT2D eigenvalue weighted by Crippen LogP contribution is -2.49. The Morgan fingerprint density at radius 2 is 1.79 bits per heavy atom. The molecule has 156 valence electrons. The van der Waals surface area contributed by atoms with Gasteiger partial charge in [-0.2, -0.15) is 0 Å². The second-order valence-electron chi connectivity index (χ2n) is 6.57.